The Balaban J connectivity index is 1.93. The van der Waals surface area contributed by atoms with Gasteiger partial charge in [-0.05, 0) is 25.2 Å². The van der Waals surface area contributed by atoms with E-state index in [1.807, 2.05) is 6.08 Å². The summed E-state index contributed by atoms with van der Waals surface area (Å²) in [6.07, 6.45) is 5.45. The van der Waals surface area contributed by atoms with Gasteiger partial charge in [0.15, 0.2) is 11.6 Å². The van der Waals surface area contributed by atoms with Gasteiger partial charge in [0.1, 0.15) is 5.41 Å². The SMILES string of the molecule is C=C1C=C2C[C@]3(C1=O)C(=O)C(Br)C1CCOC(=O)[C@]1(CCCC)C23. The van der Waals surface area contributed by atoms with Gasteiger partial charge < -0.3 is 4.74 Å². The minimum Gasteiger partial charge on any atom is -0.465 e. The molecule has 5 rings (SSSR count). The van der Waals surface area contributed by atoms with Gasteiger partial charge in [-0.2, -0.15) is 0 Å². The Morgan fingerprint density at radius 1 is 1.38 bits per heavy atom. The van der Waals surface area contributed by atoms with Crippen molar-refractivity contribution in [3.05, 3.63) is 23.8 Å². The Labute approximate surface area is 149 Å². The zero-order valence-corrected chi connectivity index (χ0v) is 15.4. The largest absolute Gasteiger partial charge is 0.465 e. The van der Waals surface area contributed by atoms with Crippen LogP contribution in [0.1, 0.15) is 39.0 Å². The number of carbonyl (C=O) groups is 3. The number of fused-ring (bicyclic) bond motifs is 3. The third kappa shape index (κ3) is 1.62. The molecule has 0 N–H and O–H groups in total. The summed E-state index contributed by atoms with van der Waals surface area (Å²) in [5.74, 6) is -0.885. The highest BCUT2D eigenvalue weighted by Gasteiger charge is 2.77. The molecule has 4 nitrogen and oxygen atoms in total. The lowest BCUT2D eigenvalue weighted by atomic mass is 9.35. The van der Waals surface area contributed by atoms with Gasteiger partial charge in [-0.1, -0.05) is 53.9 Å². The fraction of sp³-hybridized carbons (Fsp3) is 0.632. The minimum atomic E-state index is -1.09. The van der Waals surface area contributed by atoms with Gasteiger partial charge in [-0.15, -0.1) is 0 Å². The van der Waals surface area contributed by atoms with E-state index in [2.05, 4.69) is 29.4 Å². The first-order valence-electron chi connectivity index (χ1n) is 8.71. The molecule has 5 aliphatic rings. The number of carbonyl (C=O) groups excluding carboxylic acids is 3. The average molecular weight is 393 g/mol. The van der Waals surface area contributed by atoms with Crippen LogP contribution >= 0.6 is 15.9 Å². The lowest BCUT2D eigenvalue weighted by Gasteiger charge is -2.66. The number of ether oxygens (including phenoxy) is 1. The van der Waals surface area contributed by atoms with Crippen molar-refractivity contribution < 1.29 is 19.1 Å². The molecular weight excluding hydrogens is 372 g/mol. The number of esters is 1. The first-order valence-corrected chi connectivity index (χ1v) is 9.62. The second-order valence-electron chi connectivity index (χ2n) is 7.60. The average Bonchev–Trinajstić information content (AvgIpc) is 2.54. The van der Waals surface area contributed by atoms with Crippen LogP contribution in [-0.4, -0.2) is 29.0 Å². The van der Waals surface area contributed by atoms with E-state index in [0.29, 0.717) is 31.4 Å². The molecule has 128 valence electrons. The highest BCUT2D eigenvalue weighted by atomic mass is 79.9. The second kappa shape index (κ2) is 5.13. The van der Waals surface area contributed by atoms with Crippen molar-refractivity contribution in [2.24, 2.45) is 22.7 Å². The van der Waals surface area contributed by atoms with E-state index in [9.17, 15) is 14.4 Å². The van der Waals surface area contributed by atoms with Crippen LogP contribution in [0.3, 0.4) is 0 Å². The number of hydrogen-bond donors (Lipinski definition) is 0. The highest BCUT2D eigenvalue weighted by Crippen LogP contribution is 2.71. The Morgan fingerprint density at radius 2 is 2.12 bits per heavy atom. The van der Waals surface area contributed by atoms with Crippen LogP contribution in [0.25, 0.3) is 0 Å². The Kier molecular flexibility index (Phi) is 3.48. The number of Topliss-reactive ketones (excluding diaryl/α,β-unsaturated/α-hetero) is 2. The molecule has 5 heteroatoms. The van der Waals surface area contributed by atoms with Crippen molar-refractivity contribution in [3.63, 3.8) is 0 Å². The number of halogens is 1. The molecule has 0 aromatic heterocycles. The summed E-state index contributed by atoms with van der Waals surface area (Å²) in [6.45, 7) is 6.26. The van der Waals surface area contributed by atoms with Gasteiger partial charge >= 0.3 is 5.97 Å². The summed E-state index contributed by atoms with van der Waals surface area (Å²) in [5.41, 5.74) is -0.409. The maximum atomic E-state index is 13.2. The lowest BCUT2D eigenvalue weighted by Crippen LogP contribution is -2.73. The van der Waals surface area contributed by atoms with Crippen LogP contribution in [-0.2, 0) is 19.1 Å². The number of cyclic esters (lactones) is 1. The molecule has 5 atom stereocenters. The molecule has 4 aliphatic carbocycles. The quantitative estimate of drug-likeness (QED) is 0.320. The normalized spacial score (nSPS) is 43.4. The summed E-state index contributed by atoms with van der Waals surface area (Å²) >= 11 is 3.56. The molecule has 0 radical (unpaired) electrons. The van der Waals surface area contributed by atoms with E-state index in [0.717, 1.165) is 18.4 Å². The number of rotatable bonds is 3. The first-order chi connectivity index (χ1) is 11.4. The molecule has 1 heterocycles. The van der Waals surface area contributed by atoms with E-state index in [-0.39, 0.29) is 29.4 Å². The second-order valence-corrected chi connectivity index (χ2v) is 8.58. The number of ketones is 2. The standard InChI is InChI=1S/C19H21BrO4/c1-3-4-6-18-12(5-7-24-17(18)23)13(20)16(22)19-9-11(14(18)19)8-10(2)15(19)21/h8,12-14H,2-7,9H2,1H3/t12?,13?,14?,18-,19-/m0/s1. The molecule has 3 fully saturated rings. The van der Waals surface area contributed by atoms with Crippen molar-refractivity contribution in [2.45, 2.75) is 43.9 Å². The predicted octanol–water partition coefficient (Wildman–Crippen LogP) is 3.14. The van der Waals surface area contributed by atoms with Gasteiger partial charge in [-0.25, -0.2) is 0 Å². The minimum absolute atomic E-state index is 0.0534. The first kappa shape index (κ1) is 16.2. The number of allylic oxidation sites excluding steroid dienone is 3. The zero-order chi connectivity index (χ0) is 17.3. The molecule has 0 aromatic carbocycles. The molecule has 1 saturated heterocycles. The van der Waals surface area contributed by atoms with E-state index in [1.54, 1.807) is 0 Å². The number of unbranched alkanes of at least 4 members (excludes halogenated alkanes) is 1. The van der Waals surface area contributed by atoms with Crippen LogP contribution in [0, 0.1) is 22.7 Å². The molecular formula is C19H21BrO4. The lowest BCUT2D eigenvalue weighted by molar-refractivity contribution is -0.196. The molecule has 0 aromatic rings. The number of hydrogen-bond acceptors (Lipinski definition) is 4. The molecule has 24 heavy (non-hydrogen) atoms. The molecule has 2 bridgehead atoms. The Hall–Kier alpha value is -1.23. The van der Waals surface area contributed by atoms with Crippen molar-refractivity contribution in [3.8, 4) is 0 Å². The molecule has 0 amide bonds. The van der Waals surface area contributed by atoms with E-state index in [4.69, 9.17) is 4.74 Å². The highest BCUT2D eigenvalue weighted by molar-refractivity contribution is 9.10. The van der Waals surface area contributed by atoms with Crippen LogP contribution in [0.2, 0.25) is 0 Å². The zero-order valence-electron chi connectivity index (χ0n) is 13.8. The third-order valence-corrected chi connectivity index (χ3v) is 7.66. The van der Waals surface area contributed by atoms with Crippen LogP contribution < -0.4 is 0 Å². The van der Waals surface area contributed by atoms with E-state index < -0.39 is 15.7 Å². The van der Waals surface area contributed by atoms with Gasteiger partial charge in [0, 0.05) is 11.5 Å². The van der Waals surface area contributed by atoms with Gasteiger partial charge in [-0.3, -0.25) is 14.4 Å². The van der Waals surface area contributed by atoms with Crippen molar-refractivity contribution in [1.29, 1.82) is 0 Å². The molecule has 2 saturated carbocycles. The van der Waals surface area contributed by atoms with Gasteiger partial charge in [0.05, 0.1) is 16.8 Å². The van der Waals surface area contributed by atoms with Crippen LogP contribution in [0.15, 0.2) is 23.8 Å². The smallest absolute Gasteiger partial charge is 0.313 e. The maximum Gasteiger partial charge on any atom is 0.313 e. The Morgan fingerprint density at radius 3 is 2.83 bits per heavy atom. The van der Waals surface area contributed by atoms with Gasteiger partial charge in [0.25, 0.3) is 0 Å². The molecule has 1 aliphatic heterocycles. The van der Waals surface area contributed by atoms with Crippen molar-refractivity contribution in [1.82, 2.24) is 0 Å². The van der Waals surface area contributed by atoms with E-state index in [1.165, 1.54) is 0 Å². The predicted molar refractivity (Wildman–Crippen MR) is 91.5 cm³/mol. The summed E-state index contributed by atoms with van der Waals surface area (Å²) in [6, 6.07) is 0. The summed E-state index contributed by atoms with van der Waals surface area (Å²) < 4.78 is 5.48. The number of alkyl halides is 1. The monoisotopic (exact) mass is 392 g/mol. The topological polar surface area (TPSA) is 60.4 Å². The van der Waals surface area contributed by atoms with Crippen molar-refractivity contribution >= 4 is 33.5 Å². The third-order valence-electron chi connectivity index (χ3n) is 6.61. The van der Waals surface area contributed by atoms with Gasteiger partial charge in [0.2, 0.25) is 0 Å². The van der Waals surface area contributed by atoms with Crippen LogP contribution in [0.4, 0.5) is 0 Å². The maximum absolute atomic E-state index is 13.2. The van der Waals surface area contributed by atoms with E-state index >= 15 is 0 Å². The molecule has 3 unspecified atom stereocenters. The van der Waals surface area contributed by atoms with Crippen LogP contribution in [0.5, 0.6) is 0 Å². The summed E-state index contributed by atoms with van der Waals surface area (Å²) in [4.78, 5) is 38.6. The fourth-order valence-corrected chi connectivity index (χ4v) is 6.78. The fourth-order valence-electron chi connectivity index (χ4n) is 5.64. The van der Waals surface area contributed by atoms with Crippen molar-refractivity contribution in [2.75, 3.05) is 6.61 Å². The summed E-state index contributed by atoms with van der Waals surface area (Å²) in [5, 5.41) is 0. The Bertz CT molecular complexity index is 708. The summed E-state index contributed by atoms with van der Waals surface area (Å²) in [7, 11) is 0. The molecule has 1 spiro atoms.